The quantitative estimate of drug-likeness (QED) is 0.679. The molecule has 1 aliphatic rings. The van der Waals surface area contributed by atoms with Gasteiger partial charge < -0.3 is 15.9 Å². The highest BCUT2D eigenvalue weighted by molar-refractivity contribution is 6.00. The summed E-state index contributed by atoms with van der Waals surface area (Å²) in [6, 6.07) is 5.23. The van der Waals surface area contributed by atoms with E-state index in [9.17, 15) is 15.0 Å². The van der Waals surface area contributed by atoms with E-state index in [4.69, 9.17) is 5.73 Å². The highest BCUT2D eigenvalue weighted by atomic mass is 16.3. The second-order valence-corrected chi connectivity index (χ2v) is 4.09. The first-order valence-corrected chi connectivity index (χ1v) is 5.35. The summed E-state index contributed by atoms with van der Waals surface area (Å²) >= 11 is 0. The molecule has 1 aromatic carbocycles. The third-order valence-electron chi connectivity index (χ3n) is 3.00. The Labute approximate surface area is 93.7 Å². The van der Waals surface area contributed by atoms with Gasteiger partial charge in [0.05, 0.1) is 6.10 Å². The van der Waals surface area contributed by atoms with Gasteiger partial charge in [0, 0.05) is 18.5 Å². The predicted molar refractivity (Wildman–Crippen MR) is 59.1 cm³/mol. The molecule has 86 valence electrons. The number of carbonyl (C=O) groups is 1. The Kier molecular flexibility index (Phi) is 3.05. The van der Waals surface area contributed by atoms with Gasteiger partial charge in [0.15, 0.2) is 5.78 Å². The Bertz CT molecular complexity index is 417. The number of carbonyl (C=O) groups excluding carboxylic acids is 1. The summed E-state index contributed by atoms with van der Waals surface area (Å²) in [6.45, 7) is -0.00774. The van der Waals surface area contributed by atoms with Crippen LogP contribution in [0.2, 0.25) is 0 Å². The van der Waals surface area contributed by atoms with E-state index in [-0.39, 0.29) is 12.3 Å². The van der Waals surface area contributed by atoms with Crippen LogP contribution in [0.3, 0.4) is 0 Å². The van der Waals surface area contributed by atoms with E-state index < -0.39 is 12.2 Å². The molecule has 2 atom stereocenters. The van der Waals surface area contributed by atoms with Crippen molar-refractivity contribution in [3.63, 3.8) is 0 Å². The van der Waals surface area contributed by atoms with Crippen molar-refractivity contribution in [2.45, 2.75) is 25.0 Å². The summed E-state index contributed by atoms with van der Waals surface area (Å²) in [5.74, 6) is 0.103. The molecule has 0 heterocycles. The number of hydrogen-bond donors (Lipinski definition) is 3. The zero-order valence-corrected chi connectivity index (χ0v) is 8.89. The van der Waals surface area contributed by atoms with Crippen molar-refractivity contribution in [3.05, 3.63) is 34.9 Å². The van der Waals surface area contributed by atoms with Crippen LogP contribution in [0.4, 0.5) is 0 Å². The third-order valence-corrected chi connectivity index (χ3v) is 3.00. The molecule has 0 saturated carbocycles. The molecule has 1 aromatic rings. The number of fused-ring (bicyclic) bond motifs is 1. The number of Topliss-reactive ketones (excluding diaryl/α,β-unsaturated/α-hetero) is 1. The smallest absolute Gasteiger partial charge is 0.163 e. The van der Waals surface area contributed by atoms with Crippen molar-refractivity contribution in [3.8, 4) is 0 Å². The van der Waals surface area contributed by atoms with E-state index in [1.54, 1.807) is 12.1 Å². The van der Waals surface area contributed by atoms with Crippen molar-refractivity contribution in [1.82, 2.24) is 0 Å². The van der Waals surface area contributed by atoms with Crippen molar-refractivity contribution in [1.29, 1.82) is 0 Å². The van der Waals surface area contributed by atoms with Gasteiger partial charge in [-0.2, -0.15) is 0 Å². The molecule has 2 rings (SSSR count). The average Bonchev–Trinajstić information content (AvgIpc) is 2.68. The Balaban J connectivity index is 2.31. The number of benzene rings is 1. The highest BCUT2D eigenvalue weighted by Crippen LogP contribution is 2.26. The lowest BCUT2D eigenvalue weighted by Gasteiger charge is -2.17. The van der Waals surface area contributed by atoms with Crippen LogP contribution in [0, 0.1) is 0 Å². The number of aryl methyl sites for hydroxylation is 1. The summed E-state index contributed by atoms with van der Waals surface area (Å²) in [4.78, 5) is 11.5. The fourth-order valence-electron chi connectivity index (χ4n) is 1.99. The molecule has 0 spiro atoms. The molecule has 1 aliphatic carbocycles. The first-order valence-electron chi connectivity index (χ1n) is 5.35. The summed E-state index contributed by atoms with van der Waals surface area (Å²) in [5.41, 5.74) is 7.51. The molecular formula is C12H15NO3. The van der Waals surface area contributed by atoms with E-state index in [2.05, 4.69) is 0 Å². The number of hydrogen-bond acceptors (Lipinski definition) is 4. The van der Waals surface area contributed by atoms with E-state index >= 15 is 0 Å². The maximum atomic E-state index is 11.5. The van der Waals surface area contributed by atoms with Crippen LogP contribution in [0.25, 0.3) is 0 Å². The standard InChI is InChI=1S/C12H15NO3/c13-6-11(15)12(16)8-2-1-7-3-4-10(14)9(7)5-8/h1-2,5,11-12,15-16H,3-4,6,13H2. The van der Waals surface area contributed by atoms with Gasteiger partial charge in [-0.15, -0.1) is 0 Å². The SMILES string of the molecule is NCC(O)C(O)c1ccc2c(c1)C(=O)CC2. The maximum absolute atomic E-state index is 11.5. The van der Waals surface area contributed by atoms with Gasteiger partial charge in [0.2, 0.25) is 0 Å². The summed E-state index contributed by atoms with van der Waals surface area (Å²) < 4.78 is 0. The Morgan fingerprint density at radius 2 is 2.06 bits per heavy atom. The summed E-state index contributed by atoms with van der Waals surface area (Å²) in [6.07, 6.45) is -0.712. The van der Waals surface area contributed by atoms with Gasteiger partial charge in [-0.05, 0) is 23.6 Å². The molecule has 0 aromatic heterocycles. The Morgan fingerprint density at radius 1 is 1.31 bits per heavy atom. The fraction of sp³-hybridized carbons (Fsp3) is 0.417. The minimum Gasteiger partial charge on any atom is -0.389 e. The summed E-state index contributed by atoms with van der Waals surface area (Å²) in [7, 11) is 0. The van der Waals surface area contributed by atoms with Crippen LogP contribution < -0.4 is 5.73 Å². The molecular weight excluding hydrogens is 206 g/mol. The van der Waals surface area contributed by atoms with Gasteiger partial charge in [-0.25, -0.2) is 0 Å². The topological polar surface area (TPSA) is 83.6 Å². The molecule has 2 unspecified atom stereocenters. The average molecular weight is 221 g/mol. The van der Waals surface area contributed by atoms with Gasteiger partial charge in [0.25, 0.3) is 0 Å². The van der Waals surface area contributed by atoms with Crippen LogP contribution in [0.1, 0.15) is 34.0 Å². The lowest BCUT2D eigenvalue weighted by Crippen LogP contribution is -2.27. The Hall–Kier alpha value is -1.23. The van der Waals surface area contributed by atoms with Gasteiger partial charge >= 0.3 is 0 Å². The lowest BCUT2D eigenvalue weighted by molar-refractivity contribution is 0.0243. The first-order chi connectivity index (χ1) is 7.63. The van der Waals surface area contributed by atoms with Crippen molar-refractivity contribution < 1.29 is 15.0 Å². The van der Waals surface area contributed by atoms with Gasteiger partial charge in [0.1, 0.15) is 6.10 Å². The molecule has 4 nitrogen and oxygen atoms in total. The molecule has 4 heteroatoms. The van der Waals surface area contributed by atoms with E-state index in [1.807, 2.05) is 6.07 Å². The molecule has 16 heavy (non-hydrogen) atoms. The number of rotatable bonds is 3. The number of ketones is 1. The molecule has 0 amide bonds. The van der Waals surface area contributed by atoms with Crippen LogP contribution in [0.15, 0.2) is 18.2 Å². The van der Waals surface area contributed by atoms with E-state index in [0.717, 1.165) is 12.0 Å². The number of aliphatic hydroxyl groups excluding tert-OH is 2. The van der Waals surface area contributed by atoms with Crippen LogP contribution in [0.5, 0.6) is 0 Å². The number of aliphatic hydroxyl groups is 2. The van der Waals surface area contributed by atoms with Crippen LogP contribution >= 0.6 is 0 Å². The zero-order valence-electron chi connectivity index (χ0n) is 8.89. The predicted octanol–water partition coefficient (Wildman–Crippen LogP) is 0.169. The largest absolute Gasteiger partial charge is 0.389 e. The molecule has 0 saturated heterocycles. The van der Waals surface area contributed by atoms with E-state index in [1.165, 1.54) is 0 Å². The lowest BCUT2D eigenvalue weighted by atomic mass is 9.99. The minimum absolute atomic E-state index is 0.00774. The maximum Gasteiger partial charge on any atom is 0.163 e. The highest BCUT2D eigenvalue weighted by Gasteiger charge is 2.23. The summed E-state index contributed by atoms with van der Waals surface area (Å²) in [5, 5.41) is 19.2. The van der Waals surface area contributed by atoms with Crippen LogP contribution in [-0.2, 0) is 6.42 Å². The molecule has 4 N–H and O–H groups in total. The molecule has 0 fully saturated rings. The molecule has 0 bridgehead atoms. The monoisotopic (exact) mass is 221 g/mol. The van der Waals surface area contributed by atoms with Gasteiger partial charge in [-0.3, -0.25) is 4.79 Å². The van der Waals surface area contributed by atoms with Crippen LogP contribution in [-0.4, -0.2) is 28.6 Å². The first kappa shape index (κ1) is 11.3. The molecule has 0 radical (unpaired) electrons. The normalized spacial score (nSPS) is 18.3. The zero-order chi connectivity index (χ0) is 11.7. The third kappa shape index (κ3) is 1.87. The minimum atomic E-state index is -1.02. The Morgan fingerprint density at radius 3 is 2.75 bits per heavy atom. The van der Waals surface area contributed by atoms with Crippen molar-refractivity contribution in [2.24, 2.45) is 5.73 Å². The van der Waals surface area contributed by atoms with Crippen molar-refractivity contribution >= 4 is 5.78 Å². The number of nitrogens with two attached hydrogens (primary N) is 1. The van der Waals surface area contributed by atoms with E-state index in [0.29, 0.717) is 17.5 Å². The second-order valence-electron chi connectivity index (χ2n) is 4.09. The van der Waals surface area contributed by atoms with Crippen molar-refractivity contribution in [2.75, 3.05) is 6.54 Å². The fourth-order valence-corrected chi connectivity index (χ4v) is 1.99. The van der Waals surface area contributed by atoms with Gasteiger partial charge in [-0.1, -0.05) is 12.1 Å². The molecule has 0 aliphatic heterocycles. The second kappa shape index (κ2) is 4.33.